The van der Waals surface area contributed by atoms with Crippen molar-refractivity contribution in [1.82, 2.24) is 10.3 Å². The third kappa shape index (κ3) is 4.53. The summed E-state index contributed by atoms with van der Waals surface area (Å²) < 4.78 is 0. The summed E-state index contributed by atoms with van der Waals surface area (Å²) in [6.45, 7) is 4.54. The van der Waals surface area contributed by atoms with Gasteiger partial charge in [0.15, 0.2) is 0 Å². The Bertz CT molecular complexity index is 336. The summed E-state index contributed by atoms with van der Waals surface area (Å²) in [4.78, 5) is 16.0. The molecule has 1 rings (SSSR count). The lowest BCUT2D eigenvalue weighted by atomic mass is 10.0. The Morgan fingerprint density at radius 2 is 2.29 bits per heavy atom. The van der Waals surface area contributed by atoms with Gasteiger partial charge in [-0.05, 0) is 31.5 Å². The fourth-order valence-corrected chi connectivity index (χ4v) is 1.66. The molecule has 0 aromatic carbocycles. The molecule has 4 nitrogen and oxygen atoms in total. The number of amides is 1. The van der Waals surface area contributed by atoms with E-state index in [4.69, 9.17) is 5.73 Å². The highest BCUT2D eigenvalue weighted by Gasteiger charge is 2.14. The van der Waals surface area contributed by atoms with Crippen LogP contribution in [0.5, 0.6) is 0 Å². The minimum Gasteiger partial charge on any atom is -0.348 e. The molecule has 3 N–H and O–H groups in total. The topological polar surface area (TPSA) is 68.0 Å². The highest BCUT2D eigenvalue weighted by atomic mass is 16.1. The molecule has 0 spiro atoms. The molecular formula is C13H21N3O. The molecule has 0 aliphatic carbocycles. The van der Waals surface area contributed by atoms with E-state index in [1.165, 1.54) is 0 Å². The number of nitrogens with two attached hydrogens (primary N) is 1. The van der Waals surface area contributed by atoms with Gasteiger partial charge in [0, 0.05) is 12.6 Å². The van der Waals surface area contributed by atoms with E-state index in [0.29, 0.717) is 13.0 Å². The summed E-state index contributed by atoms with van der Waals surface area (Å²) >= 11 is 0. The number of rotatable bonds is 6. The molecule has 0 fully saturated rings. The van der Waals surface area contributed by atoms with Crippen LogP contribution in [-0.4, -0.2) is 17.4 Å². The molecule has 1 aromatic rings. The molecule has 17 heavy (non-hydrogen) atoms. The zero-order valence-corrected chi connectivity index (χ0v) is 10.5. The van der Waals surface area contributed by atoms with Gasteiger partial charge in [-0.2, -0.15) is 0 Å². The molecule has 1 heterocycles. The average molecular weight is 235 g/mol. The maximum atomic E-state index is 11.8. The van der Waals surface area contributed by atoms with Crippen molar-refractivity contribution in [2.45, 2.75) is 32.7 Å². The van der Waals surface area contributed by atoms with Crippen LogP contribution in [-0.2, 0) is 4.79 Å². The molecule has 0 radical (unpaired) electrons. The molecule has 0 saturated heterocycles. The summed E-state index contributed by atoms with van der Waals surface area (Å²) in [6.07, 6.45) is 3.15. The van der Waals surface area contributed by atoms with Crippen LogP contribution in [0.4, 0.5) is 0 Å². The van der Waals surface area contributed by atoms with E-state index < -0.39 is 0 Å². The van der Waals surface area contributed by atoms with E-state index in [-0.39, 0.29) is 17.9 Å². The Labute approximate surface area is 103 Å². The third-order valence-corrected chi connectivity index (χ3v) is 2.89. The molecule has 0 bridgehead atoms. The van der Waals surface area contributed by atoms with Crippen molar-refractivity contribution in [1.29, 1.82) is 0 Å². The SMILES string of the molecule is CCC(CN)CC(=O)N[C@H](C)c1ccccn1. The van der Waals surface area contributed by atoms with Crippen LogP contribution >= 0.6 is 0 Å². The first kappa shape index (κ1) is 13.6. The van der Waals surface area contributed by atoms with Gasteiger partial charge in [-0.3, -0.25) is 9.78 Å². The monoisotopic (exact) mass is 235 g/mol. The zero-order valence-electron chi connectivity index (χ0n) is 10.5. The second kappa shape index (κ2) is 7.01. The molecule has 0 aliphatic heterocycles. The number of hydrogen-bond acceptors (Lipinski definition) is 3. The van der Waals surface area contributed by atoms with Crippen LogP contribution in [0.1, 0.15) is 38.4 Å². The predicted octanol–water partition coefficient (Wildman–Crippen LogP) is 1.63. The van der Waals surface area contributed by atoms with Crippen LogP contribution in [0.3, 0.4) is 0 Å². The summed E-state index contributed by atoms with van der Waals surface area (Å²) in [7, 11) is 0. The van der Waals surface area contributed by atoms with Crippen molar-refractivity contribution < 1.29 is 4.79 Å². The highest BCUT2D eigenvalue weighted by molar-refractivity contribution is 5.76. The number of aromatic nitrogens is 1. The number of pyridine rings is 1. The standard InChI is InChI=1S/C13H21N3O/c1-3-11(9-14)8-13(17)16-10(2)12-6-4-5-7-15-12/h4-7,10-11H,3,8-9,14H2,1-2H3,(H,16,17)/t10-,11?/m1/s1. The Morgan fingerprint density at radius 3 is 2.82 bits per heavy atom. The first-order valence-electron chi connectivity index (χ1n) is 6.07. The second-order valence-electron chi connectivity index (χ2n) is 4.26. The van der Waals surface area contributed by atoms with E-state index in [1.54, 1.807) is 6.20 Å². The second-order valence-corrected chi connectivity index (χ2v) is 4.26. The normalized spacial score (nSPS) is 14.1. The van der Waals surface area contributed by atoms with Crippen LogP contribution in [0.2, 0.25) is 0 Å². The van der Waals surface area contributed by atoms with Crippen molar-refractivity contribution >= 4 is 5.91 Å². The largest absolute Gasteiger partial charge is 0.348 e. The molecule has 1 aromatic heterocycles. The fraction of sp³-hybridized carbons (Fsp3) is 0.538. The Morgan fingerprint density at radius 1 is 1.53 bits per heavy atom. The van der Waals surface area contributed by atoms with Crippen LogP contribution < -0.4 is 11.1 Å². The first-order valence-corrected chi connectivity index (χ1v) is 6.07. The van der Waals surface area contributed by atoms with Crippen molar-refractivity contribution in [2.75, 3.05) is 6.54 Å². The molecule has 4 heteroatoms. The van der Waals surface area contributed by atoms with Gasteiger partial charge in [0.25, 0.3) is 0 Å². The quantitative estimate of drug-likeness (QED) is 0.787. The molecule has 0 saturated carbocycles. The molecule has 1 amide bonds. The Balaban J connectivity index is 2.46. The smallest absolute Gasteiger partial charge is 0.220 e. The van der Waals surface area contributed by atoms with Gasteiger partial charge in [0.05, 0.1) is 11.7 Å². The lowest BCUT2D eigenvalue weighted by Crippen LogP contribution is -2.30. The van der Waals surface area contributed by atoms with Gasteiger partial charge in [-0.1, -0.05) is 19.4 Å². The Kier molecular flexibility index (Phi) is 5.63. The minimum absolute atomic E-state index is 0.0421. The number of hydrogen-bond donors (Lipinski definition) is 2. The van der Waals surface area contributed by atoms with Crippen LogP contribution in [0.15, 0.2) is 24.4 Å². The lowest BCUT2D eigenvalue weighted by Gasteiger charge is -2.16. The zero-order chi connectivity index (χ0) is 12.7. The number of nitrogens with zero attached hydrogens (tertiary/aromatic N) is 1. The van der Waals surface area contributed by atoms with E-state index in [2.05, 4.69) is 10.3 Å². The predicted molar refractivity (Wildman–Crippen MR) is 68.2 cm³/mol. The third-order valence-electron chi connectivity index (χ3n) is 2.89. The first-order chi connectivity index (χ1) is 8.17. The van der Waals surface area contributed by atoms with Gasteiger partial charge in [0.1, 0.15) is 0 Å². The van der Waals surface area contributed by atoms with Crippen molar-refractivity contribution in [3.63, 3.8) is 0 Å². The van der Waals surface area contributed by atoms with Gasteiger partial charge < -0.3 is 11.1 Å². The maximum absolute atomic E-state index is 11.8. The fourth-order valence-electron chi connectivity index (χ4n) is 1.66. The van der Waals surface area contributed by atoms with E-state index >= 15 is 0 Å². The summed E-state index contributed by atoms with van der Waals surface area (Å²) in [6, 6.07) is 5.63. The van der Waals surface area contributed by atoms with Crippen molar-refractivity contribution in [3.05, 3.63) is 30.1 Å². The molecular weight excluding hydrogens is 214 g/mol. The average Bonchev–Trinajstić information content (AvgIpc) is 2.37. The van der Waals surface area contributed by atoms with Gasteiger partial charge >= 0.3 is 0 Å². The van der Waals surface area contributed by atoms with Gasteiger partial charge in [-0.25, -0.2) is 0 Å². The molecule has 94 valence electrons. The summed E-state index contributed by atoms with van der Waals surface area (Å²) in [5.74, 6) is 0.311. The molecule has 2 atom stereocenters. The van der Waals surface area contributed by atoms with Gasteiger partial charge in [-0.15, -0.1) is 0 Å². The summed E-state index contributed by atoms with van der Waals surface area (Å²) in [5, 5.41) is 2.94. The Hall–Kier alpha value is -1.42. The lowest BCUT2D eigenvalue weighted by molar-refractivity contribution is -0.122. The van der Waals surface area contributed by atoms with Crippen LogP contribution in [0, 0.1) is 5.92 Å². The van der Waals surface area contributed by atoms with Crippen LogP contribution in [0.25, 0.3) is 0 Å². The molecule has 1 unspecified atom stereocenters. The van der Waals surface area contributed by atoms with Crippen molar-refractivity contribution in [2.24, 2.45) is 11.7 Å². The maximum Gasteiger partial charge on any atom is 0.220 e. The number of carbonyl (C=O) groups is 1. The van der Waals surface area contributed by atoms with Gasteiger partial charge in [0.2, 0.25) is 5.91 Å². The van der Waals surface area contributed by atoms with E-state index in [0.717, 1.165) is 12.1 Å². The number of nitrogens with one attached hydrogen (secondary N) is 1. The highest BCUT2D eigenvalue weighted by Crippen LogP contribution is 2.10. The van der Waals surface area contributed by atoms with Crippen molar-refractivity contribution in [3.8, 4) is 0 Å². The van der Waals surface area contributed by atoms with E-state index in [9.17, 15) is 4.79 Å². The van der Waals surface area contributed by atoms with E-state index in [1.807, 2.05) is 32.0 Å². The number of carbonyl (C=O) groups excluding carboxylic acids is 1. The minimum atomic E-state index is -0.0565. The molecule has 0 aliphatic rings. The summed E-state index contributed by atoms with van der Waals surface area (Å²) in [5.41, 5.74) is 6.46.